The largest absolute Gasteiger partial charge is 0.478 e. The number of carbonyl (C=O) groups excluding carboxylic acids is 1. The van der Waals surface area contributed by atoms with Crippen molar-refractivity contribution in [1.29, 1.82) is 0 Å². The van der Waals surface area contributed by atoms with Crippen LogP contribution in [0, 0.1) is 0 Å². The van der Waals surface area contributed by atoms with E-state index in [9.17, 15) is 9.59 Å². The molecule has 0 amide bonds. The van der Waals surface area contributed by atoms with Gasteiger partial charge in [0.15, 0.2) is 0 Å². The van der Waals surface area contributed by atoms with E-state index in [2.05, 4.69) is 9.72 Å². The molecule has 0 bridgehead atoms. The molecule has 104 valence electrons. The molecule has 2 aromatic rings. The molecule has 20 heavy (non-hydrogen) atoms. The molecule has 0 spiro atoms. The van der Waals surface area contributed by atoms with Crippen LogP contribution in [-0.4, -0.2) is 42.7 Å². The number of hydrogen-bond acceptors (Lipinski definition) is 5. The van der Waals surface area contributed by atoms with Crippen molar-refractivity contribution >= 4 is 28.5 Å². The van der Waals surface area contributed by atoms with E-state index in [0.717, 1.165) is 5.39 Å². The minimum atomic E-state index is -1.00. The smallest absolute Gasteiger partial charge is 0.335 e. The lowest BCUT2D eigenvalue weighted by Gasteiger charge is -2.18. The summed E-state index contributed by atoms with van der Waals surface area (Å²) in [7, 11) is 3.02. The van der Waals surface area contributed by atoms with Crippen molar-refractivity contribution < 1.29 is 19.4 Å². The predicted octanol–water partition coefficient (Wildman–Crippen LogP) is 1.54. The third-order valence-corrected chi connectivity index (χ3v) is 2.95. The molecular weight excluding hydrogens is 260 g/mol. The number of rotatable bonds is 4. The maximum Gasteiger partial charge on any atom is 0.335 e. The quantitative estimate of drug-likeness (QED) is 0.852. The van der Waals surface area contributed by atoms with Gasteiger partial charge in [0.1, 0.15) is 12.4 Å². The van der Waals surface area contributed by atoms with Crippen LogP contribution in [-0.2, 0) is 9.53 Å². The number of aromatic nitrogens is 1. The highest BCUT2D eigenvalue weighted by Crippen LogP contribution is 2.24. The van der Waals surface area contributed by atoms with E-state index in [4.69, 9.17) is 5.11 Å². The lowest BCUT2D eigenvalue weighted by atomic mass is 10.1. The van der Waals surface area contributed by atoms with E-state index < -0.39 is 5.97 Å². The molecule has 0 aliphatic rings. The zero-order chi connectivity index (χ0) is 14.7. The van der Waals surface area contributed by atoms with Crippen molar-refractivity contribution in [3.63, 3.8) is 0 Å². The first kappa shape index (κ1) is 13.8. The minimum absolute atomic E-state index is 0.0416. The fourth-order valence-electron chi connectivity index (χ4n) is 1.92. The van der Waals surface area contributed by atoms with Crippen molar-refractivity contribution in [3.8, 4) is 0 Å². The van der Waals surface area contributed by atoms with Gasteiger partial charge in [-0.2, -0.15) is 0 Å². The number of anilines is 1. The molecule has 1 aromatic heterocycles. The minimum Gasteiger partial charge on any atom is -0.478 e. The summed E-state index contributed by atoms with van der Waals surface area (Å²) >= 11 is 0. The van der Waals surface area contributed by atoms with Gasteiger partial charge in [0, 0.05) is 18.6 Å². The number of likely N-dealkylation sites (N-methyl/N-ethyl adjacent to an activating group) is 1. The summed E-state index contributed by atoms with van der Waals surface area (Å²) in [6, 6.07) is 6.59. The highest BCUT2D eigenvalue weighted by atomic mass is 16.5. The third kappa shape index (κ3) is 2.69. The van der Waals surface area contributed by atoms with Crippen molar-refractivity contribution in [3.05, 3.63) is 36.0 Å². The SMILES string of the molecule is COC(=O)CN(C)c1nccc2ccc(C(=O)O)cc12. The predicted molar refractivity (Wildman–Crippen MR) is 74.0 cm³/mol. The molecule has 0 unspecified atom stereocenters. The Kier molecular flexibility index (Phi) is 3.84. The molecule has 1 aromatic carbocycles. The van der Waals surface area contributed by atoms with E-state index in [-0.39, 0.29) is 18.1 Å². The Balaban J connectivity index is 2.49. The summed E-state index contributed by atoms with van der Waals surface area (Å²) in [6.45, 7) is 0.0416. The Morgan fingerprint density at radius 1 is 1.35 bits per heavy atom. The highest BCUT2D eigenvalue weighted by molar-refractivity contribution is 5.99. The van der Waals surface area contributed by atoms with Gasteiger partial charge >= 0.3 is 11.9 Å². The number of methoxy groups -OCH3 is 1. The van der Waals surface area contributed by atoms with Gasteiger partial charge in [-0.25, -0.2) is 9.78 Å². The normalized spacial score (nSPS) is 10.3. The van der Waals surface area contributed by atoms with Crippen LogP contribution in [0.25, 0.3) is 10.8 Å². The molecule has 6 heteroatoms. The molecular formula is C14H14N2O4. The molecule has 1 N–H and O–H groups in total. The number of carboxylic acids is 1. The monoisotopic (exact) mass is 274 g/mol. The van der Waals surface area contributed by atoms with E-state index in [1.54, 1.807) is 36.3 Å². The molecule has 0 saturated carbocycles. The molecule has 2 rings (SSSR count). The molecule has 1 heterocycles. The van der Waals surface area contributed by atoms with Crippen LogP contribution in [0.2, 0.25) is 0 Å². The Morgan fingerprint density at radius 2 is 2.10 bits per heavy atom. The van der Waals surface area contributed by atoms with E-state index in [1.165, 1.54) is 13.2 Å². The number of aromatic carboxylic acids is 1. The summed E-state index contributed by atoms with van der Waals surface area (Å²) in [5.74, 6) is -0.853. The Labute approximate surface area is 115 Å². The molecule has 0 atom stereocenters. The summed E-state index contributed by atoms with van der Waals surface area (Å²) in [6.07, 6.45) is 1.62. The first-order valence-corrected chi connectivity index (χ1v) is 5.93. The number of carboxylic acid groups (broad SMARTS) is 1. The standard InChI is InChI=1S/C14H14N2O4/c1-16(8-12(17)20-2)13-11-7-10(14(18)19)4-3-9(11)5-6-15-13/h3-7H,8H2,1-2H3,(H,18,19). The van der Waals surface area contributed by atoms with Crippen LogP contribution in [0.3, 0.4) is 0 Å². The number of ether oxygens (including phenoxy) is 1. The topological polar surface area (TPSA) is 79.7 Å². The Morgan fingerprint density at radius 3 is 2.75 bits per heavy atom. The zero-order valence-corrected chi connectivity index (χ0v) is 11.2. The fourth-order valence-corrected chi connectivity index (χ4v) is 1.92. The van der Waals surface area contributed by atoms with Crippen LogP contribution in [0.5, 0.6) is 0 Å². The van der Waals surface area contributed by atoms with Gasteiger partial charge in [-0.1, -0.05) is 6.07 Å². The van der Waals surface area contributed by atoms with Crippen LogP contribution in [0.4, 0.5) is 5.82 Å². The van der Waals surface area contributed by atoms with E-state index in [1.807, 2.05) is 0 Å². The van der Waals surface area contributed by atoms with E-state index >= 15 is 0 Å². The van der Waals surface area contributed by atoms with Gasteiger partial charge in [0.05, 0.1) is 12.7 Å². The van der Waals surface area contributed by atoms with Gasteiger partial charge in [-0.15, -0.1) is 0 Å². The second-order valence-electron chi connectivity index (χ2n) is 4.31. The maximum atomic E-state index is 11.3. The van der Waals surface area contributed by atoms with Crippen molar-refractivity contribution in [2.75, 3.05) is 25.6 Å². The molecule has 0 aliphatic carbocycles. The average molecular weight is 274 g/mol. The number of fused-ring (bicyclic) bond motifs is 1. The molecule has 0 saturated heterocycles. The summed E-state index contributed by atoms with van der Waals surface area (Å²) in [5, 5.41) is 10.6. The van der Waals surface area contributed by atoms with Crippen LogP contribution >= 0.6 is 0 Å². The number of pyridine rings is 1. The number of esters is 1. The fraction of sp³-hybridized carbons (Fsp3) is 0.214. The van der Waals surface area contributed by atoms with Crippen LogP contribution < -0.4 is 4.90 Å². The van der Waals surface area contributed by atoms with Crippen molar-refractivity contribution in [2.45, 2.75) is 0 Å². The summed E-state index contributed by atoms with van der Waals surface area (Å²) in [5.41, 5.74) is 0.179. The number of carbonyl (C=O) groups is 2. The second kappa shape index (κ2) is 5.56. The molecule has 6 nitrogen and oxygen atoms in total. The second-order valence-corrected chi connectivity index (χ2v) is 4.31. The lowest BCUT2D eigenvalue weighted by molar-refractivity contribution is -0.138. The van der Waals surface area contributed by atoms with Gasteiger partial charge < -0.3 is 14.7 Å². The van der Waals surface area contributed by atoms with Gasteiger partial charge in [0.2, 0.25) is 0 Å². The van der Waals surface area contributed by atoms with Crippen LogP contribution in [0.15, 0.2) is 30.5 Å². The van der Waals surface area contributed by atoms with Gasteiger partial charge in [-0.3, -0.25) is 4.79 Å². The number of nitrogens with zero attached hydrogens (tertiary/aromatic N) is 2. The van der Waals surface area contributed by atoms with E-state index in [0.29, 0.717) is 11.2 Å². The number of hydrogen-bond donors (Lipinski definition) is 1. The molecule has 0 radical (unpaired) electrons. The third-order valence-electron chi connectivity index (χ3n) is 2.95. The Hall–Kier alpha value is -2.63. The van der Waals surface area contributed by atoms with Gasteiger partial charge in [-0.05, 0) is 23.6 Å². The zero-order valence-electron chi connectivity index (χ0n) is 11.2. The van der Waals surface area contributed by atoms with Crippen LogP contribution in [0.1, 0.15) is 10.4 Å². The lowest BCUT2D eigenvalue weighted by Crippen LogP contribution is -2.27. The Bertz CT molecular complexity index is 669. The summed E-state index contributed by atoms with van der Waals surface area (Å²) < 4.78 is 4.61. The molecule has 0 aliphatic heterocycles. The van der Waals surface area contributed by atoms with Gasteiger partial charge in [0.25, 0.3) is 0 Å². The summed E-state index contributed by atoms with van der Waals surface area (Å²) in [4.78, 5) is 28.2. The molecule has 0 fully saturated rings. The highest BCUT2D eigenvalue weighted by Gasteiger charge is 2.13. The number of benzene rings is 1. The first-order valence-electron chi connectivity index (χ1n) is 5.93. The first-order chi connectivity index (χ1) is 9.52. The van der Waals surface area contributed by atoms with Crippen molar-refractivity contribution in [1.82, 2.24) is 4.98 Å². The average Bonchev–Trinajstić information content (AvgIpc) is 2.45. The maximum absolute atomic E-state index is 11.3. The van der Waals surface area contributed by atoms with Crippen molar-refractivity contribution in [2.24, 2.45) is 0 Å².